The van der Waals surface area contributed by atoms with E-state index in [1.807, 2.05) is 0 Å². The molecule has 2 aliphatic rings. The number of halogens is 2. The lowest BCUT2D eigenvalue weighted by Crippen LogP contribution is -2.15. The molecule has 1 aromatic carbocycles. The third-order valence-electron chi connectivity index (χ3n) is 3.94. The summed E-state index contributed by atoms with van der Waals surface area (Å²) in [5, 5.41) is 3.53. The average molecular weight is 419 g/mol. The Morgan fingerprint density at radius 3 is 2.57 bits per heavy atom. The molecule has 3 rings (SSSR count). The highest BCUT2D eigenvalue weighted by atomic mass is 79.9. The smallest absolute Gasteiger partial charge is 0.147 e. The molecule has 3 nitrogen and oxygen atoms in total. The van der Waals surface area contributed by atoms with E-state index in [-0.39, 0.29) is 0 Å². The fraction of sp³-hybridized carbons (Fsp3) is 0.625. The van der Waals surface area contributed by atoms with Crippen molar-refractivity contribution in [1.82, 2.24) is 5.32 Å². The van der Waals surface area contributed by atoms with Gasteiger partial charge in [-0.25, -0.2) is 0 Å². The van der Waals surface area contributed by atoms with Gasteiger partial charge in [-0.2, -0.15) is 0 Å². The first-order chi connectivity index (χ1) is 10.2. The van der Waals surface area contributed by atoms with Crippen molar-refractivity contribution in [2.24, 2.45) is 0 Å². The van der Waals surface area contributed by atoms with E-state index in [0.717, 1.165) is 46.7 Å². The Bertz CT molecular complexity index is 462. The molecule has 0 aromatic heterocycles. The zero-order chi connectivity index (χ0) is 14.7. The van der Waals surface area contributed by atoms with Gasteiger partial charge in [-0.3, -0.25) is 0 Å². The van der Waals surface area contributed by atoms with Gasteiger partial charge in [0, 0.05) is 25.6 Å². The Morgan fingerprint density at radius 1 is 1.19 bits per heavy atom. The Labute approximate surface area is 143 Å². The fourth-order valence-corrected chi connectivity index (χ4v) is 4.08. The number of rotatable bonds is 7. The van der Waals surface area contributed by atoms with Crippen LogP contribution in [0.4, 0.5) is 0 Å². The minimum absolute atomic E-state index is 0.379. The van der Waals surface area contributed by atoms with Gasteiger partial charge in [-0.1, -0.05) is 0 Å². The molecule has 21 heavy (non-hydrogen) atoms. The second-order valence-electron chi connectivity index (χ2n) is 5.82. The van der Waals surface area contributed by atoms with Gasteiger partial charge in [0.25, 0.3) is 0 Å². The molecule has 0 spiro atoms. The minimum Gasteiger partial charge on any atom is -0.491 e. The average Bonchev–Trinajstić information content (AvgIpc) is 3.14. The van der Waals surface area contributed by atoms with E-state index < -0.39 is 0 Å². The Morgan fingerprint density at radius 2 is 1.95 bits per heavy atom. The van der Waals surface area contributed by atoms with Gasteiger partial charge in [0.15, 0.2) is 0 Å². The monoisotopic (exact) mass is 417 g/mol. The van der Waals surface area contributed by atoms with Crippen molar-refractivity contribution in [2.75, 3.05) is 13.2 Å². The first-order valence-corrected chi connectivity index (χ1v) is 9.26. The van der Waals surface area contributed by atoms with Gasteiger partial charge in [-0.05, 0) is 75.2 Å². The Hall–Kier alpha value is -0.100. The normalized spacial score (nSPS) is 21.7. The summed E-state index contributed by atoms with van der Waals surface area (Å²) in [5.41, 5.74) is 1.27. The van der Waals surface area contributed by atoms with Gasteiger partial charge in [0.1, 0.15) is 5.75 Å². The van der Waals surface area contributed by atoms with Crippen molar-refractivity contribution in [2.45, 2.75) is 50.8 Å². The molecular formula is C16H21Br2NO2. The van der Waals surface area contributed by atoms with Gasteiger partial charge >= 0.3 is 0 Å². The SMILES string of the molecule is Brc1cc(CNC2CC2)cc(Br)c1OCCC1CCCO1. The lowest BCUT2D eigenvalue weighted by molar-refractivity contribution is 0.0901. The summed E-state index contributed by atoms with van der Waals surface area (Å²) in [7, 11) is 0. The van der Waals surface area contributed by atoms with Crippen LogP contribution in [0.5, 0.6) is 5.75 Å². The van der Waals surface area contributed by atoms with Crippen LogP contribution >= 0.6 is 31.9 Å². The minimum atomic E-state index is 0.379. The van der Waals surface area contributed by atoms with Crippen LogP contribution in [0.2, 0.25) is 0 Å². The topological polar surface area (TPSA) is 30.5 Å². The maximum atomic E-state index is 5.93. The molecule has 1 aliphatic heterocycles. The Balaban J connectivity index is 1.53. The van der Waals surface area contributed by atoms with Crippen LogP contribution in [-0.2, 0) is 11.3 Å². The largest absolute Gasteiger partial charge is 0.491 e. The van der Waals surface area contributed by atoms with Crippen LogP contribution in [0, 0.1) is 0 Å². The number of nitrogens with one attached hydrogen (secondary N) is 1. The van der Waals surface area contributed by atoms with Crippen molar-refractivity contribution in [3.63, 3.8) is 0 Å². The van der Waals surface area contributed by atoms with Gasteiger partial charge in [-0.15, -0.1) is 0 Å². The molecule has 5 heteroatoms. The maximum absolute atomic E-state index is 5.93. The lowest BCUT2D eigenvalue weighted by Gasteiger charge is -2.14. The summed E-state index contributed by atoms with van der Waals surface area (Å²) in [4.78, 5) is 0. The van der Waals surface area contributed by atoms with Crippen molar-refractivity contribution < 1.29 is 9.47 Å². The van der Waals surface area contributed by atoms with E-state index in [0.29, 0.717) is 12.7 Å². The maximum Gasteiger partial charge on any atom is 0.147 e. The number of benzene rings is 1. The highest BCUT2D eigenvalue weighted by Gasteiger charge is 2.20. The number of hydrogen-bond donors (Lipinski definition) is 1. The molecule has 1 unspecified atom stereocenters. The lowest BCUT2D eigenvalue weighted by atomic mass is 10.2. The Kier molecular flexibility index (Phi) is 5.60. The first-order valence-electron chi connectivity index (χ1n) is 7.68. The molecule has 1 aliphatic carbocycles. The van der Waals surface area contributed by atoms with Crippen molar-refractivity contribution in [3.05, 3.63) is 26.6 Å². The molecule has 1 atom stereocenters. The third kappa shape index (κ3) is 4.68. The highest BCUT2D eigenvalue weighted by Crippen LogP contribution is 2.35. The molecule has 0 bridgehead atoms. The number of hydrogen-bond acceptors (Lipinski definition) is 3. The van der Waals surface area contributed by atoms with Gasteiger partial charge in [0.2, 0.25) is 0 Å². The second-order valence-corrected chi connectivity index (χ2v) is 7.52. The molecule has 2 fully saturated rings. The van der Waals surface area contributed by atoms with E-state index in [9.17, 15) is 0 Å². The van der Waals surface area contributed by atoms with Crippen LogP contribution in [0.25, 0.3) is 0 Å². The van der Waals surface area contributed by atoms with Crippen LogP contribution in [0.1, 0.15) is 37.7 Å². The molecular weight excluding hydrogens is 398 g/mol. The standard InChI is InChI=1S/C16H21Br2NO2/c17-14-8-11(10-19-12-3-4-12)9-15(18)16(14)21-7-5-13-2-1-6-20-13/h8-9,12-13,19H,1-7,10H2. The molecule has 0 amide bonds. The van der Waals surface area contributed by atoms with Crippen LogP contribution in [0.15, 0.2) is 21.1 Å². The van der Waals surface area contributed by atoms with Crippen molar-refractivity contribution in [3.8, 4) is 5.75 Å². The second kappa shape index (κ2) is 7.44. The molecule has 1 saturated heterocycles. The highest BCUT2D eigenvalue weighted by molar-refractivity contribution is 9.11. The summed E-state index contributed by atoms with van der Waals surface area (Å²) in [6.07, 6.45) is 6.31. The molecule has 1 N–H and O–H groups in total. The summed E-state index contributed by atoms with van der Waals surface area (Å²) in [5.74, 6) is 0.892. The van der Waals surface area contributed by atoms with Gasteiger partial charge in [0.05, 0.1) is 21.7 Å². The predicted molar refractivity (Wildman–Crippen MR) is 90.8 cm³/mol. The number of ether oxygens (including phenoxy) is 2. The predicted octanol–water partition coefficient (Wildman–Crippen LogP) is 4.41. The quantitative estimate of drug-likeness (QED) is 0.711. The fourth-order valence-electron chi connectivity index (χ4n) is 2.57. The van der Waals surface area contributed by atoms with E-state index in [2.05, 4.69) is 49.3 Å². The third-order valence-corrected chi connectivity index (χ3v) is 5.12. The molecule has 1 saturated carbocycles. The first kappa shape index (κ1) is 15.8. The summed E-state index contributed by atoms with van der Waals surface area (Å²) in [6.45, 7) is 2.51. The zero-order valence-electron chi connectivity index (χ0n) is 12.0. The van der Waals surface area contributed by atoms with Gasteiger partial charge < -0.3 is 14.8 Å². The molecule has 1 aromatic rings. The summed E-state index contributed by atoms with van der Waals surface area (Å²) in [6, 6.07) is 5.01. The zero-order valence-corrected chi connectivity index (χ0v) is 15.2. The van der Waals surface area contributed by atoms with E-state index in [4.69, 9.17) is 9.47 Å². The molecule has 0 radical (unpaired) electrons. The molecule has 116 valence electrons. The van der Waals surface area contributed by atoms with Crippen LogP contribution in [-0.4, -0.2) is 25.4 Å². The van der Waals surface area contributed by atoms with Crippen molar-refractivity contribution in [1.29, 1.82) is 0 Å². The van der Waals surface area contributed by atoms with E-state index >= 15 is 0 Å². The van der Waals surface area contributed by atoms with E-state index in [1.54, 1.807) is 0 Å². The summed E-state index contributed by atoms with van der Waals surface area (Å²) < 4.78 is 13.6. The van der Waals surface area contributed by atoms with Crippen LogP contribution < -0.4 is 10.1 Å². The van der Waals surface area contributed by atoms with Crippen LogP contribution in [0.3, 0.4) is 0 Å². The van der Waals surface area contributed by atoms with E-state index in [1.165, 1.54) is 24.8 Å². The van der Waals surface area contributed by atoms with Crippen molar-refractivity contribution >= 4 is 31.9 Å². The summed E-state index contributed by atoms with van der Waals surface area (Å²) >= 11 is 7.24. The molecule has 1 heterocycles.